The summed E-state index contributed by atoms with van der Waals surface area (Å²) in [4.78, 5) is 3.91. The molecule has 0 amide bonds. The van der Waals surface area contributed by atoms with E-state index in [1.165, 1.54) is 0 Å². The number of nitrogens with zero attached hydrogens (tertiary/aromatic N) is 1. The first-order chi connectivity index (χ1) is 4.27. The van der Waals surface area contributed by atoms with Gasteiger partial charge in [-0.3, -0.25) is 4.99 Å². The Morgan fingerprint density at radius 1 is 1.44 bits per heavy atom. The maximum atomic E-state index is 3.91. The van der Waals surface area contributed by atoms with Gasteiger partial charge in [0, 0.05) is 11.9 Å². The van der Waals surface area contributed by atoms with Crippen LogP contribution in [0, 0.1) is 0 Å². The molecule has 0 aromatic heterocycles. The first-order valence-corrected chi connectivity index (χ1v) is 2.74. The second kappa shape index (κ2) is 5.04. The lowest BCUT2D eigenvalue weighted by Gasteiger charge is -1.79. The van der Waals surface area contributed by atoms with E-state index in [9.17, 15) is 0 Å². The van der Waals surface area contributed by atoms with Crippen LogP contribution in [0.1, 0.15) is 6.92 Å². The number of rotatable bonds is 3. The summed E-state index contributed by atoms with van der Waals surface area (Å²) in [5, 5.41) is 0. The van der Waals surface area contributed by atoms with E-state index < -0.39 is 0 Å². The second-order valence-electron chi connectivity index (χ2n) is 1.63. The van der Waals surface area contributed by atoms with Gasteiger partial charge in [0.15, 0.2) is 0 Å². The van der Waals surface area contributed by atoms with Gasteiger partial charge in [0.05, 0.1) is 0 Å². The molecule has 0 radical (unpaired) electrons. The van der Waals surface area contributed by atoms with Crippen LogP contribution >= 0.6 is 0 Å². The molecule has 0 saturated heterocycles. The fourth-order valence-electron chi connectivity index (χ4n) is 0.299. The predicted octanol–water partition coefficient (Wildman–Crippen LogP) is 2.33. The lowest BCUT2D eigenvalue weighted by molar-refractivity contribution is 1.34. The Morgan fingerprint density at radius 3 is 2.56 bits per heavy atom. The summed E-state index contributed by atoms with van der Waals surface area (Å²) in [7, 11) is 0. The molecule has 1 heteroatoms. The maximum Gasteiger partial charge on any atom is 0.0300 e. The van der Waals surface area contributed by atoms with Gasteiger partial charge in [-0.1, -0.05) is 25.3 Å². The van der Waals surface area contributed by atoms with Crippen molar-refractivity contribution < 1.29 is 0 Å². The fraction of sp³-hybridized carbons (Fsp3) is 0.125. The van der Waals surface area contributed by atoms with Crippen molar-refractivity contribution in [3.8, 4) is 0 Å². The highest BCUT2D eigenvalue weighted by molar-refractivity contribution is 5.72. The second-order valence-corrected chi connectivity index (χ2v) is 1.63. The third kappa shape index (κ3) is 6.89. The summed E-state index contributed by atoms with van der Waals surface area (Å²) in [6.45, 7) is 8.95. The van der Waals surface area contributed by atoms with E-state index in [0.717, 1.165) is 5.70 Å². The van der Waals surface area contributed by atoms with Crippen LogP contribution in [0.25, 0.3) is 0 Å². The Hall–Kier alpha value is -1.11. The highest BCUT2D eigenvalue weighted by atomic mass is 14.7. The van der Waals surface area contributed by atoms with Crippen LogP contribution in [0.3, 0.4) is 0 Å². The van der Waals surface area contributed by atoms with E-state index in [0.29, 0.717) is 0 Å². The first-order valence-electron chi connectivity index (χ1n) is 2.74. The van der Waals surface area contributed by atoms with Gasteiger partial charge < -0.3 is 0 Å². The maximum absolute atomic E-state index is 3.91. The molecule has 0 N–H and O–H groups in total. The molecule has 0 atom stereocenters. The molecule has 0 heterocycles. The van der Waals surface area contributed by atoms with Crippen molar-refractivity contribution in [2.75, 3.05) is 0 Å². The lowest BCUT2D eigenvalue weighted by Crippen LogP contribution is -1.64. The Balaban J connectivity index is 3.59. The molecule has 9 heavy (non-hydrogen) atoms. The summed E-state index contributed by atoms with van der Waals surface area (Å²) in [6, 6.07) is 0. The minimum Gasteiger partial charge on any atom is -0.262 e. The Morgan fingerprint density at radius 2 is 2.11 bits per heavy atom. The van der Waals surface area contributed by atoms with Crippen molar-refractivity contribution in [3.63, 3.8) is 0 Å². The predicted molar refractivity (Wildman–Crippen MR) is 42.6 cm³/mol. The van der Waals surface area contributed by atoms with E-state index in [1.54, 1.807) is 12.3 Å². The smallest absolute Gasteiger partial charge is 0.0300 e. The minimum atomic E-state index is 0.809. The molecule has 0 saturated carbocycles. The quantitative estimate of drug-likeness (QED) is 0.401. The van der Waals surface area contributed by atoms with E-state index in [1.807, 2.05) is 19.1 Å². The van der Waals surface area contributed by atoms with Gasteiger partial charge in [0.2, 0.25) is 0 Å². The summed E-state index contributed by atoms with van der Waals surface area (Å²) < 4.78 is 0. The number of aliphatic imine (C=N–C) groups is 1. The van der Waals surface area contributed by atoms with E-state index in [-0.39, 0.29) is 0 Å². The normalized spacial score (nSPS) is 10.8. The van der Waals surface area contributed by atoms with Gasteiger partial charge in [-0.25, -0.2) is 0 Å². The van der Waals surface area contributed by atoms with Crippen molar-refractivity contribution >= 4 is 6.21 Å². The number of allylic oxidation sites excluding steroid dienone is 4. The van der Waals surface area contributed by atoms with Crippen molar-refractivity contribution in [2.45, 2.75) is 6.92 Å². The topological polar surface area (TPSA) is 12.4 Å². The average Bonchev–Trinajstić information content (AvgIpc) is 1.80. The molecular formula is C8H11N. The van der Waals surface area contributed by atoms with Crippen LogP contribution in [0.15, 0.2) is 42.1 Å². The van der Waals surface area contributed by atoms with Gasteiger partial charge >= 0.3 is 0 Å². The third-order valence-electron chi connectivity index (χ3n) is 0.628. The largest absolute Gasteiger partial charge is 0.262 e. The molecule has 0 aliphatic heterocycles. The minimum absolute atomic E-state index is 0.809. The summed E-state index contributed by atoms with van der Waals surface area (Å²) >= 11 is 0. The zero-order valence-corrected chi connectivity index (χ0v) is 5.67. The lowest BCUT2D eigenvalue weighted by atomic mass is 10.5. The first kappa shape index (κ1) is 7.89. The Kier molecular flexibility index (Phi) is 4.41. The van der Waals surface area contributed by atoms with Gasteiger partial charge in [-0.2, -0.15) is 0 Å². The van der Waals surface area contributed by atoms with Gasteiger partial charge in [0.1, 0.15) is 0 Å². The highest BCUT2D eigenvalue weighted by Gasteiger charge is 1.67. The van der Waals surface area contributed by atoms with Crippen LogP contribution < -0.4 is 0 Å². The average molecular weight is 121 g/mol. The van der Waals surface area contributed by atoms with Crippen molar-refractivity contribution in [2.24, 2.45) is 4.99 Å². The highest BCUT2D eigenvalue weighted by Crippen LogP contribution is 1.84. The van der Waals surface area contributed by atoms with E-state index in [2.05, 4.69) is 18.2 Å². The zero-order chi connectivity index (χ0) is 7.11. The van der Waals surface area contributed by atoms with Crippen LogP contribution in [0.5, 0.6) is 0 Å². The monoisotopic (exact) mass is 121 g/mol. The van der Waals surface area contributed by atoms with Crippen LogP contribution in [-0.2, 0) is 0 Å². The van der Waals surface area contributed by atoms with Gasteiger partial charge in [0.25, 0.3) is 0 Å². The molecule has 0 aliphatic carbocycles. The van der Waals surface area contributed by atoms with Crippen molar-refractivity contribution in [1.29, 1.82) is 0 Å². The summed E-state index contributed by atoms with van der Waals surface area (Å²) in [5.41, 5.74) is 0.809. The molecule has 1 nitrogen and oxygen atoms in total. The molecule has 0 rings (SSSR count). The van der Waals surface area contributed by atoms with E-state index in [4.69, 9.17) is 0 Å². The molecule has 0 aromatic rings. The third-order valence-corrected chi connectivity index (χ3v) is 0.628. The molecule has 0 fully saturated rings. The SMILES string of the molecule is C=C/C=C\C=N\C(=C)C. The molecule has 0 spiro atoms. The van der Waals surface area contributed by atoms with Crippen molar-refractivity contribution in [1.82, 2.24) is 0 Å². The molecule has 0 aromatic carbocycles. The zero-order valence-electron chi connectivity index (χ0n) is 5.67. The Bertz CT molecular complexity index is 152. The Labute approximate surface area is 56.1 Å². The summed E-state index contributed by atoms with van der Waals surface area (Å²) in [5.74, 6) is 0. The molecule has 0 bridgehead atoms. The molecule has 0 aliphatic rings. The fourth-order valence-corrected chi connectivity index (χ4v) is 0.299. The van der Waals surface area contributed by atoms with Crippen LogP contribution in [-0.4, -0.2) is 6.21 Å². The molecule has 48 valence electrons. The van der Waals surface area contributed by atoms with Crippen LogP contribution in [0.2, 0.25) is 0 Å². The van der Waals surface area contributed by atoms with Crippen molar-refractivity contribution in [3.05, 3.63) is 37.1 Å². The van der Waals surface area contributed by atoms with Gasteiger partial charge in [-0.05, 0) is 13.0 Å². The molecule has 0 unspecified atom stereocenters. The summed E-state index contributed by atoms with van der Waals surface area (Å²) in [6.07, 6.45) is 7.00. The molecular weight excluding hydrogens is 110 g/mol. The van der Waals surface area contributed by atoms with Gasteiger partial charge in [-0.15, -0.1) is 0 Å². The number of hydrogen-bond donors (Lipinski definition) is 0. The standard InChI is InChI=1S/C8H11N/c1-4-5-6-7-9-8(2)3/h4-7H,1-2H2,3H3/b6-5-,9-7+. The van der Waals surface area contributed by atoms with Crippen LogP contribution in [0.4, 0.5) is 0 Å². The number of hydrogen-bond acceptors (Lipinski definition) is 1. The van der Waals surface area contributed by atoms with E-state index >= 15 is 0 Å².